The minimum Gasteiger partial charge on any atom is -0.371 e. The lowest BCUT2D eigenvalue weighted by molar-refractivity contribution is 0.482. The van der Waals surface area contributed by atoms with Crippen LogP contribution in [0.25, 0.3) is 0 Å². The first-order chi connectivity index (χ1) is 8.74. The lowest BCUT2D eigenvalue weighted by atomic mass is 10.0. The van der Waals surface area contributed by atoms with Gasteiger partial charge in [-0.2, -0.15) is 0 Å². The van der Waals surface area contributed by atoms with Crippen molar-refractivity contribution in [3.8, 4) is 0 Å². The molecule has 0 unspecified atom stereocenters. The monoisotopic (exact) mass is 248 g/mol. The molecule has 0 amide bonds. The van der Waals surface area contributed by atoms with Crippen LogP contribution in [0.5, 0.6) is 0 Å². The summed E-state index contributed by atoms with van der Waals surface area (Å²) in [6.07, 6.45) is 3.72. The van der Waals surface area contributed by atoms with E-state index in [1.54, 1.807) is 0 Å². The van der Waals surface area contributed by atoms with E-state index in [-0.39, 0.29) is 0 Å². The summed E-state index contributed by atoms with van der Waals surface area (Å²) < 4.78 is 0. The van der Waals surface area contributed by atoms with E-state index in [2.05, 4.69) is 49.9 Å². The van der Waals surface area contributed by atoms with Crippen molar-refractivity contribution in [1.82, 2.24) is 0 Å². The predicted octanol–water partition coefficient (Wildman–Crippen LogP) is 3.80. The minimum atomic E-state index is 0.626. The molecule has 2 nitrogen and oxygen atoms in total. The van der Waals surface area contributed by atoms with Gasteiger partial charge < -0.3 is 10.6 Å². The molecule has 1 aromatic carbocycles. The highest BCUT2D eigenvalue weighted by molar-refractivity contribution is 5.47. The highest BCUT2D eigenvalue weighted by Gasteiger charge is 2.11. The van der Waals surface area contributed by atoms with Crippen molar-refractivity contribution in [3.63, 3.8) is 0 Å². The van der Waals surface area contributed by atoms with Crippen LogP contribution in [0.2, 0.25) is 0 Å². The summed E-state index contributed by atoms with van der Waals surface area (Å²) in [7, 11) is 0. The molecule has 0 saturated heterocycles. The molecule has 0 bridgehead atoms. The summed E-state index contributed by atoms with van der Waals surface area (Å²) in [4.78, 5) is 2.51. The topological polar surface area (TPSA) is 29.3 Å². The minimum absolute atomic E-state index is 0.626. The maximum atomic E-state index is 5.64. The van der Waals surface area contributed by atoms with E-state index >= 15 is 0 Å². The van der Waals surface area contributed by atoms with Gasteiger partial charge in [0.1, 0.15) is 0 Å². The largest absolute Gasteiger partial charge is 0.371 e. The van der Waals surface area contributed by atoms with Crippen LogP contribution in [-0.4, -0.2) is 13.1 Å². The van der Waals surface area contributed by atoms with Crippen LogP contribution in [0, 0.1) is 5.92 Å². The second-order valence-corrected chi connectivity index (χ2v) is 5.00. The summed E-state index contributed by atoms with van der Waals surface area (Å²) in [5.41, 5.74) is 8.19. The van der Waals surface area contributed by atoms with Crippen LogP contribution >= 0.6 is 0 Å². The predicted molar refractivity (Wildman–Crippen MR) is 80.9 cm³/mol. The highest BCUT2D eigenvalue weighted by atomic mass is 15.1. The molecule has 0 aromatic heterocycles. The zero-order valence-corrected chi connectivity index (χ0v) is 12.2. The van der Waals surface area contributed by atoms with Gasteiger partial charge in [0, 0.05) is 25.3 Å². The molecule has 0 fully saturated rings. The van der Waals surface area contributed by atoms with Crippen LogP contribution < -0.4 is 10.6 Å². The number of nitrogens with zero attached hydrogens (tertiary/aromatic N) is 1. The van der Waals surface area contributed by atoms with E-state index in [9.17, 15) is 0 Å². The summed E-state index contributed by atoms with van der Waals surface area (Å²) in [5, 5.41) is 0. The fourth-order valence-electron chi connectivity index (χ4n) is 2.30. The lowest BCUT2D eigenvalue weighted by Crippen LogP contribution is -2.30. The summed E-state index contributed by atoms with van der Waals surface area (Å²) in [5.74, 6) is 0.797. The van der Waals surface area contributed by atoms with Gasteiger partial charge in [0.15, 0.2) is 0 Å². The Bertz CT molecular complexity index is 314. The molecule has 18 heavy (non-hydrogen) atoms. The quantitative estimate of drug-likeness (QED) is 0.758. The first-order valence-corrected chi connectivity index (χ1v) is 7.29. The number of rotatable bonds is 8. The maximum Gasteiger partial charge on any atom is 0.0366 e. The zero-order chi connectivity index (χ0) is 13.4. The number of nitrogens with two attached hydrogens (primary N) is 1. The molecule has 2 heteroatoms. The number of anilines is 1. The Balaban J connectivity index is 2.75. The number of hydrogen-bond acceptors (Lipinski definition) is 2. The van der Waals surface area contributed by atoms with Gasteiger partial charge in [-0.15, -0.1) is 0 Å². The van der Waals surface area contributed by atoms with Crippen LogP contribution in [-0.2, 0) is 6.54 Å². The van der Waals surface area contributed by atoms with Crippen molar-refractivity contribution in [2.24, 2.45) is 11.7 Å². The lowest BCUT2D eigenvalue weighted by Gasteiger charge is -2.28. The third-order valence-electron chi connectivity index (χ3n) is 3.66. The van der Waals surface area contributed by atoms with Crippen molar-refractivity contribution in [1.29, 1.82) is 0 Å². The van der Waals surface area contributed by atoms with E-state index in [1.807, 2.05) is 0 Å². The van der Waals surface area contributed by atoms with Crippen LogP contribution in [0.3, 0.4) is 0 Å². The summed E-state index contributed by atoms with van der Waals surface area (Å²) >= 11 is 0. The Hall–Kier alpha value is -1.02. The van der Waals surface area contributed by atoms with Gasteiger partial charge in [0.2, 0.25) is 0 Å². The number of benzene rings is 1. The Kier molecular flexibility index (Phi) is 6.81. The molecule has 0 saturated carbocycles. The molecule has 0 radical (unpaired) electrons. The third kappa shape index (κ3) is 4.34. The molecular weight excluding hydrogens is 220 g/mol. The average molecular weight is 248 g/mol. The Morgan fingerprint density at radius 3 is 2.11 bits per heavy atom. The van der Waals surface area contributed by atoms with Crippen molar-refractivity contribution < 1.29 is 0 Å². The summed E-state index contributed by atoms with van der Waals surface area (Å²) in [6, 6.07) is 8.70. The molecule has 0 atom stereocenters. The molecule has 0 spiro atoms. The normalized spacial score (nSPS) is 10.9. The smallest absolute Gasteiger partial charge is 0.0366 e. The molecule has 1 aromatic rings. The molecule has 102 valence electrons. The van der Waals surface area contributed by atoms with Crippen molar-refractivity contribution in [2.45, 2.75) is 46.6 Å². The van der Waals surface area contributed by atoms with E-state index in [4.69, 9.17) is 5.73 Å². The van der Waals surface area contributed by atoms with Crippen LogP contribution in [0.1, 0.15) is 45.6 Å². The average Bonchev–Trinajstić information content (AvgIpc) is 2.43. The van der Waals surface area contributed by atoms with Gasteiger partial charge in [-0.1, -0.05) is 45.7 Å². The first-order valence-electron chi connectivity index (χ1n) is 7.29. The molecule has 0 aliphatic heterocycles. The van der Waals surface area contributed by atoms with E-state index in [0.29, 0.717) is 6.54 Å². The second kappa shape index (κ2) is 8.15. The maximum absolute atomic E-state index is 5.64. The Morgan fingerprint density at radius 1 is 1.06 bits per heavy atom. The molecule has 0 aliphatic carbocycles. The fourth-order valence-corrected chi connectivity index (χ4v) is 2.30. The zero-order valence-electron chi connectivity index (χ0n) is 12.2. The van der Waals surface area contributed by atoms with Crippen LogP contribution in [0.4, 0.5) is 5.69 Å². The van der Waals surface area contributed by atoms with E-state index < -0.39 is 0 Å². The van der Waals surface area contributed by atoms with Gasteiger partial charge in [0.05, 0.1) is 0 Å². The van der Waals surface area contributed by atoms with Gasteiger partial charge in [-0.05, 0) is 30.0 Å². The number of hydrogen-bond donors (Lipinski definition) is 1. The first kappa shape index (κ1) is 15.0. The molecule has 0 heterocycles. The molecule has 0 aliphatic rings. The Labute approximate surface area is 112 Å². The van der Waals surface area contributed by atoms with E-state index in [0.717, 1.165) is 12.5 Å². The van der Waals surface area contributed by atoms with Gasteiger partial charge in [0.25, 0.3) is 0 Å². The second-order valence-electron chi connectivity index (χ2n) is 5.00. The SMILES string of the molecule is CCCN(CC(CC)CC)c1ccc(CN)cc1. The summed E-state index contributed by atoms with van der Waals surface area (Å²) in [6.45, 7) is 9.75. The molecular formula is C16H28N2. The molecule has 2 N–H and O–H groups in total. The van der Waals surface area contributed by atoms with Gasteiger partial charge in [-0.3, -0.25) is 0 Å². The van der Waals surface area contributed by atoms with Gasteiger partial charge >= 0.3 is 0 Å². The standard InChI is InChI=1S/C16H28N2/c1-4-11-18(13-14(5-2)6-3)16-9-7-15(12-17)8-10-16/h7-10,14H,4-6,11-13,17H2,1-3H3. The third-order valence-corrected chi connectivity index (χ3v) is 3.66. The van der Waals surface area contributed by atoms with Crippen molar-refractivity contribution in [2.75, 3.05) is 18.0 Å². The highest BCUT2D eigenvalue weighted by Crippen LogP contribution is 2.19. The fraction of sp³-hybridized carbons (Fsp3) is 0.625. The van der Waals surface area contributed by atoms with Crippen LogP contribution in [0.15, 0.2) is 24.3 Å². The molecule has 1 rings (SSSR count). The van der Waals surface area contributed by atoms with E-state index in [1.165, 1.54) is 37.1 Å². The van der Waals surface area contributed by atoms with Gasteiger partial charge in [-0.25, -0.2) is 0 Å². The van der Waals surface area contributed by atoms with Crippen molar-refractivity contribution >= 4 is 5.69 Å². The van der Waals surface area contributed by atoms with Crippen molar-refractivity contribution in [3.05, 3.63) is 29.8 Å². The Morgan fingerprint density at radius 2 is 1.67 bits per heavy atom.